The number of fused-ring (bicyclic) bond motifs is 1. The lowest BCUT2D eigenvalue weighted by Crippen LogP contribution is -2.36. The fraction of sp³-hybridized carbons (Fsp3) is 0.190. The highest BCUT2D eigenvalue weighted by molar-refractivity contribution is 6.06. The van der Waals surface area contributed by atoms with Crippen molar-refractivity contribution in [2.24, 2.45) is 0 Å². The zero-order valence-corrected chi connectivity index (χ0v) is 15.2. The smallest absolute Gasteiger partial charge is 0.255 e. The molecule has 0 atom stereocenters. The molecule has 0 saturated carbocycles. The monoisotopic (exact) mass is 364 g/mol. The second-order valence-electron chi connectivity index (χ2n) is 6.07. The van der Waals surface area contributed by atoms with Gasteiger partial charge in [-0.15, -0.1) is 0 Å². The number of carbonyl (C=O) groups excluding carboxylic acids is 2. The van der Waals surface area contributed by atoms with E-state index < -0.39 is 5.91 Å². The molecule has 3 rings (SSSR count). The van der Waals surface area contributed by atoms with Crippen molar-refractivity contribution in [2.75, 3.05) is 13.1 Å². The van der Waals surface area contributed by atoms with E-state index in [2.05, 4.69) is 10.6 Å². The molecular weight excluding hydrogens is 344 g/mol. The SMILES string of the molecule is CCNC(=O)CNC(=O)c1cccc2c(=O)c(C)c(-c3ccccc3)oc12. The molecule has 0 aliphatic carbocycles. The number of rotatable bonds is 5. The Labute approximate surface area is 156 Å². The maximum atomic E-state index is 12.8. The van der Waals surface area contributed by atoms with Crippen LogP contribution in [0.3, 0.4) is 0 Å². The zero-order valence-electron chi connectivity index (χ0n) is 15.2. The first-order valence-corrected chi connectivity index (χ1v) is 8.69. The van der Waals surface area contributed by atoms with E-state index in [-0.39, 0.29) is 29.0 Å². The van der Waals surface area contributed by atoms with Crippen LogP contribution < -0.4 is 16.1 Å². The average molecular weight is 364 g/mol. The molecule has 6 nitrogen and oxygen atoms in total. The highest BCUT2D eigenvalue weighted by Crippen LogP contribution is 2.27. The Morgan fingerprint density at radius 2 is 1.74 bits per heavy atom. The summed E-state index contributed by atoms with van der Waals surface area (Å²) >= 11 is 0. The van der Waals surface area contributed by atoms with Crippen LogP contribution in [0.1, 0.15) is 22.8 Å². The number of amides is 2. The van der Waals surface area contributed by atoms with Gasteiger partial charge < -0.3 is 15.1 Å². The first-order chi connectivity index (χ1) is 13.0. The summed E-state index contributed by atoms with van der Waals surface area (Å²) in [6.45, 7) is 3.84. The molecule has 0 unspecified atom stereocenters. The summed E-state index contributed by atoms with van der Waals surface area (Å²) in [5, 5.41) is 5.50. The predicted molar refractivity (Wildman–Crippen MR) is 104 cm³/mol. The second-order valence-corrected chi connectivity index (χ2v) is 6.07. The van der Waals surface area contributed by atoms with Crippen molar-refractivity contribution in [3.63, 3.8) is 0 Å². The summed E-state index contributed by atoms with van der Waals surface area (Å²) in [5.41, 5.74) is 1.47. The molecule has 1 heterocycles. The Morgan fingerprint density at radius 1 is 1.00 bits per heavy atom. The van der Waals surface area contributed by atoms with Crippen LogP contribution in [0.25, 0.3) is 22.3 Å². The Bertz CT molecular complexity index is 1050. The molecule has 6 heteroatoms. The van der Waals surface area contributed by atoms with Crippen molar-refractivity contribution >= 4 is 22.8 Å². The molecule has 0 bridgehead atoms. The van der Waals surface area contributed by atoms with Gasteiger partial charge in [0.25, 0.3) is 5.91 Å². The van der Waals surface area contributed by atoms with E-state index >= 15 is 0 Å². The first-order valence-electron chi connectivity index (χ1n) is 8.69. The quantitative estimate of drug-likeness (QED) is 0.728. The third kappa shape index (κ3) is 3.74. The molecular formula is C21H20N2O4. The molecule has 0 saturated heterocycles. The molecule has 0 radical (unpaired) electrons. The van der Waals surface area contributed by atoms with Gasteiger partial charge in [0.15, 0.2) is 11.0 Å². The Balaban J connectivity index is 2.07. The number of hydrogen-bond acceptors (Lipinski definition) is 4. The van der Waals surface area contributed by atoms with Crippen LogP contribution in [0.2, 0.25) is 0 Å². The van der Waals surface area contributed by atoms with Gasteiger partial charge in [0.1, 0.15) is 5.76 Å². The minimum atomic E-state index is -0.474. The van der Waals surface area contributed by atoms with Gasteiger partial charge in [0.05, 0.1) is 17.5 Å². The number of hydrogen-bond donors (Lipinski definition) is 2. The summed E-state index contributed by atoms with van der Waals surface area (Å²) in [5.74, 6) is -0.330. The molecule has 2 N–H and O–H groups in total. The number of likely N-dealkylation sites (N-methyl/N-ethyl adjacent to an activating group) is 1. The number of benzene rings is 2. The molecule has 2 aromatic carbocycles. The molecule has 0 aliphatic rings. The van der Waals surface area contributed by atoms with Crippen LogP contribution >= 0.6 is 0 Å². The maximum Gasteiger partial charge on any atom is 0.255 e. The first kappa shape index (κ1) is 18.4. The van der Waals surface area contributed by atoms with Gasteiger partial charge in [0, 0.05) is 17.7 Å². The fourth-order valence-corrected chi connectivity index (χ4v) is 2.87. The third-order valence-corrected chi connectivity index (χ3v) is 4.21. The fourth-order valence-electron chi connectivity index (χ4n) is 2.87. The topological polar surface area (TPSA) is 88.4 Å². The number of nitrogens with one attached hydrogen (secondary N) is 2. The second kappa shape index (κ2) is 7.86. The summed E-state index contributed by atoms with van der Waals surface area (Å²) in [4.78, 5) is 36.9. The van der Waals surface area contributed by atoms with Crippen LogP contribution in [0.15, 0.2) is 57.7 Å². The Hall–Kier alpha value is -3.41. The van der Waals surface area contributed by atoms with Gasteiger partial charge in [-0.3, -0.25) is 14.4 Å². The Morgan fingerprint density at radius 3 is 2.44 bits per heavy atom. The van der Waals surface area contributed by atoms with E-state index in [0.29, 0.717) is 23.3 Å². The van der Waals surface area contributed by atoms with E-state index in [0.717, 1.165) is 5.56 Å². The van der Waals surface area contributed by atoms with E-state index in [1.807, 2.05) is 30.3 Å². The predicted octanol–water partition coefficient (Wildman–Crippen LogP) is 2.63. The van der Waals surface area contributed by atoms with Gasteiger partial charge in [0.2, 0.25) is 5.91 Å². The van der Waals surface area contributed by atoms with Gasteiger partial charge in [-0.2, -0.15) is 0 Å². The molecule has 0 fully saturated rings. The summed E-state index contributed by atoms with van der Waals surface area (Å²) < 4.78 is 6.00. The lowest BCUT2D eigenvalue weighted by atomic mass is 10.0. The van der Waals surface area contributed by atoms with Crippen LogP contribution in [0, 0.1) is 6.92 Å². The molecule has 27 heavy (non-hydrogen) atoms. The van der Waals surface area contributed by atoms with Crippen LogP contribution in [-0.2, 0) is 4.79 Å². The minimum Gasteiger partial charge on any atom is -0.455 e. The standard InChI is InChI=1S/C21H20N2O4/c1-3-22-17(24)12-23-21(26)16-11-7-10-15-18(25)13(2)19(27-20(15)16)14-8-5-4-6-9-14/h4-11H,3,12H2,1-2H3,(H,22,24)(H,23,26). The number of para-hydroxylation sites is 1. The molecule has 1 aromatic heterocycles. The van der Waals surface area contributed by atoms with Crippen molar-refractivity contribution in [1.82, 2.24) is 10.6 Å². The van der Waals surface area contributed by atoms with Crippen LogP contribution in [0.4, 0.5) is 0 Å². The van der Waals surface area contributed by atoms with Gasteiger partial charge in [-0.25, -0.2) is 0 Å². The van der Waals surface area contributed by atoms with E-state index in [9.17, 15) is 14.4 Å². The summed E-state index contributed by atoms with van der Waals surface area (Å²) in [7, 11) is 0. The number of carbonyl (C=O) groups is 2. The van der Waals surface area contributed by atoms with Crippen molar-refractivity contribution in [1.29, 1.82) is 0 Å². The van der Waals surface area contributed by atoms with Crippen molar-refractivity contribution in [2.45, 2.75) is 13.8 Å². The van der Waals surface area contributed by atoms with Crippen LogP contribution in [0.5, 0.6) is 0 Å². The van der Waals surface area contributed by atoms with E-state index in [4.69, 9.17) is 4.42 Å². The maximum absolute atomic E-state index is 12.8. The average Bonchev–Trinajstić information content (AvgIpc) is 2.69. The summed E-state index contributed by atoms with van der Waals surface area (Å²) in [6.07, 6.45) is 0. The van der Waals surface area contributed by atoms with Gasteiger partial charge in [-0.1, -0.05) is 36.4 Å². The van der Waals surface area contributed by atoms with E-state index in [1.165, 1.54) is 0 Å². The molecule has 138 valence electrons. The lowest BCUT2D eigenvalue weighted by molar-refractivity contribution is -0.120. The lowest BCUT2D eigenvalue weighted by Gasteiger charge is -2.11. The van der Waals surface area contributed by atoms with Crippen molar-refractivity contribution in [3.8, 4) is 11.3 Å². The van der Waals surface area contributed by atoms with Crippen molar-refractivity contribution in [3.05, 3.63) is 69.9 Å². The van der Waals surface area contributed by atoms with Gasteiger partial charge in [-0.05, 0) is 26.0 Å². The largest absolute Gasteiger partial charge is 0.455 e. The van der Waals surface area contributed by atoms with E-state index in [1.54, 1.807) is 32.0 Å². The highest BCUT2D eigenvalue weighted by Gasteiger charge is 2.18. The Kier molecular flexibility index (Phi) is 5.35. The normalized spacial score (nSPS) is 10.6. The van der Waals surface area contributed by atoms with Crippen LogP contribution in [-0.4, -0.2) is 24.9 Å². The molecule has 3 aromatic rings. The minimum absolute atomic E-state index is 0.148. The summed E-state index contributed by atoms with van der Waals surface area (Å²) in [6, 6.07) is 14.1. The molecule has 2 amide bonds. The highest BCUT2D eigenvalue weighted by atomic mass is 16.3. The zero-order chi connectivity index (χ0) is 19.4. The molecule has 0 aliphatic heterocycles. The van der Waals surface area contributed by atoms with Gasteiger partial charge >= 0.3 is 0 Å². The molecule has 0 spiro atoms. The third-order valence-electron chi connectivity index (χ3n) is 4.21. The van der Waals surface area contributed by atoms with Crippen molar-refractivity contribution < 1.29 is 14.0 Å².